The summed E-state index contributed by atoms with van der Waals surface area (Å²) in [6.07, 6.45) is 2.93. The van der Waals surface area contributed by atoms with E-state index in [1.165, 1.54) is 0 Å². The highest BCUT2D eigenvalue weighted by Crippen LogP contribution is 2.37. The number of aliphatic hydroxyl groups is 1. The number of benzene rings is 2. The van der Waals surface area contributed by atoms with E-state index in [9.17, 15) is 19.5 Å². The summed E-state index contributed by atoms with van der Waals surface area (Å²) in [6.45, 7) is 1.62. The maximum absolute atomic E-state index is 13.0. The van der Waals surface area contributed by atoms with Crippen LogP contribution in [0.4, 0.5) is 5.69 Å². The number of hydrogen-bond donors (Lipinski definition) is 2. The molecule has 1 heterocycles. The van der Waals surface area contributed by atoms with Crippen molar-refractivity contribution in [3.05, 3.63) is 53.1 Å². The molecule has 3 aliphatic rings. The normalized spacial score (nSPS) is 19.2. The largest absolute Gasteiger partial charge is 0.380 e. The zero-order chi connectivity index (χ0) is 23.2. The third-order valence-corrected chi connectivity index (χ3v) is 6.90. The molecule has 0 radical (unpaired) electrons. The highest BCUT2D eigenvalue weighted by molar-refractivity contribution is 6.34. The van der Waals surface area contributed by atoms with Crippen molar-refractivity contribution in [3.8, 4) is 11.1 Å². The van der Waals surface area contributed by atoms with Crippen molar-refractivity contribution in [1.29, 1.82) is 0 Å². The fraction of sp³-hybridized carbons (Fsp3) is 0.400. The number of halogens is 1. The Labute approximate surface area is 197 Å². The molecule has 2 aromatic rings. The zero-order valence-electron chi connectivity index (χ0n) is 18.2. The summed E-state index contributed by atoms with van der Waals surface area (Å²) in [4.78, 5) is 40.7. The summed E-state index contributed by atoms with van der Waals surface area (Å²) >= 11 is 6.50. The number of rotatable bonds is 5. The van der Waals surface area contributed by atoms with Gasteiger partial charge < -0.3 is 20.2 Å². The minimum atomic E-state index is -1.18. The molecule has 2 N–H and O–H groups in total. The van der Waals surface area contributed by atoms with Gasteiger partial charge in [0.1, 0.15) is 5.60 Å². The van der Waals surface area contributed by atoms with Crippen molar-refractivity contribution in [2.24, 2.45) is 5.92 Å². The van der Waals surface area contributed by atoms with Crippen LogP contribution in [0.3, 0.4) is 0 Å². The second-order valence-corrected chi connectivity index (χ2v) is 9.56. The van der Waals surface area contributed by atoms with Crippen molar-refractivity contribution < 1.29 is 19.5 Å². The van der Waals surface area contributed by atoms with Crippen LogP contribution in [0.2, 0.25) is 5.02 Å². The van der Waals surface area contributed by atoms with Crippen LogP contribution in [0.5, 0.6) is 0 Å². The smallest absolute Gasteiger partial charge is 0.255 e. The van der Waals surface area contributed by atoms with Crippen molar-refractivity contribution in [3.63, 3.8) is 0 Å². The number of hydrogen-bond acceptors (Lipinski definition) is 4. The first kappa shape index (κ1) is 21.9. The maximum Gasteiger partial charge on any atom is 0.255 e. The molecule has 0 aromatic heterocycles. The first-order valence-corrected chi connectivity index (χ1v) is 11.7. The van der Waals surface area contributed by atoms with Crippen LogP contribution >= 0.6 is 11.6 Å². The molecule has 8 heteroatoms. The quantitative estimate of drug-likeness (QED) is 0.706. The number of nitrogens with one attached hydrogen (secondary N) is 1. The van der Waals surface area contributed by atoms with Gasteiger partial charge in [0, 0.05) is 37.8 Å². The van der Waals surface area contributed by atoms with E-state index in [4.69, 9.17) is 11.6 Å². The lowest BCUT2D eigenvalue weighted by Crippen LogP contribution is -2.53. The van der Waals surface area contributed by atoms with Crippen LogP contribution in [-0.2, 0) is 9.59 Å². The van der Waals surface area contributed by atoms with E-state index in [1.807, 2.05) is 30.3 Å². The predicted octanol–water partition coefficient (Wildman–Crippen LogP) is 3.16. The van der Waals surface area contributed by atoms with E-state index in [-0.39, 0.29) is 23.6 Å². The van der Waals surface area contributed by atoms with Gasteiger partial charge in [-0.05, 0) is 61.1 Å². The number of carbonyl (C=O) groups excluding carboxylic acids is 3. The highest BCUT2D eigenvalue weighted by atomic mass is 35.5. The topological polar surface area (TPSA) is 90.0 Å². The van der Waals surface area contributed by atoms with Crippen LogP contribution < -0.4 is 5.32 Å². The first-order chi connectivity index (χ1) is 15.8. The number of nitrogens with zero attached hydrogens (tertiary/aromatic N) is 2. The number of carbonyl (C=O) groups is 3. The minimum Gasteiger partial charge on any atom is -0.380 e. The van der Waals surface area contributed by atoms with Gasteiger partial charge in [-0.1, -0.05) is 29.8 Å². The number of piperazine rings is 1. The predicted molar refractivity (Wildman–Crippen MR) is 125 cm³/mol. The standard InChI is InChI=1S/C25H26ClN3O4/c26-21-15-18(17-2-1-3-19(14-17)27-22(30)16-4-5-16)6-7-20(21)23(31)28-10-12-29(13-11-28)24(32)25(33)8-9-25/h1-3,6-7,14-16,33H,4-5,8-13H2,(H,27,30). The third kappa shape index (κ3) is 4.61. The average molecular weight is 468 g/mol. The molecule has 33 heavy (non-hydrogen) atoms. The SMILES string of the molecule is O=C(Nc1cccc(-c2ccc(C(=O)N3CCN(C(=O)C4(O)CC4)CC3)c(Cl)c2)c1)C1CC1. The Morgan fingerprint density at radius 2 is 1.61 bits per heavy atom. The van der Waals surface area contributed by atoms with Crippen LogP contribution in [0, 0.1) is 5.92 Å². The van der Waals surface area contributed by atoms with E-state index in [0.29, 0.717) is 49.6 Å². The number of amides is 3. The van der Waals surface area contributed by atoms with Gasteiger partial charge in [0.25, 0.3) is 11.8 Å². The lowest BCUT2D eigenvalue weighted by molar-refractivity contribution is -0.143. The van der Waals surface area contributed by atoms with Crippen LogP contribution in [-0.4, -0.2) is 64.4 Å². The van der Waals surface area contributed by atoms with Gasteiger partial charge in [-0.3, -0.25) is 14.4 Å². The Morgan fingerprint density at radius 1 is 0.939 bits per heavy atom. The molecule has 5 rings (SSSR count). The molecule has 2 aromatic carbocycles. The summed E-state index contributed by atoms with van der Waals surface area (Å²) in [6, 6.07) is 12.9. The van der Waals surface area contributed by atoms with Gasteiger partial charge in [0.15, 0.2) is 0 Å². The Kier molecular flexibility index (Phi) is 5.62. The fourth-order valence-corrected chi connectivity index (χ4v) is 4.41. The summed E-state index contributed by atoms with van der Waals surface area (Å²) < 4.78 is 0. The van der Waals surface area contributed by atoms with Gasteiger partial charge in [-0.25, -0.2) is 0 Å². The monoisotopic (exact) mass is 467 g/mol. The summed E-state index contributed by atoms with van der Waals surface area (Å²) in [7, 11) is 0. The molecular weight excluding hydrogens is 442 g/mol. The fourth-order valence-electron chi connectivity index (χ4n) is 4.14. The van der Waals surface area contributed by atoms with Crippen LogP contribution in [0.25, 0.3) is 11.1 Å². The molecule has 172 valence electrons. The van der Waals surface area contributed by atoms with Crippen LogP contribution in [0.15, 0.2) is 42.5 Å². The highest BCUT2D eigenvalue weighted by Gasteiger charge is 2.50. The lowest BCUT2D eigenvalue weighted by atomic mass is 10.0. The molecule has 0 unspecified atom stereocenters. The molecule has 0 bridgehead atoms. The van der Waals surface area contributed by atoms with Crippen molar-refractivity contribution >= 4 is 35.0 Å². The molecular formula is C25H26ClN3O4. The molecule has 0 atom stereocenters. The summed E-state index contributed by atoms with van der Waals surface area (Å²) in [5.41, 5.74) is 1.73. The van der Waals surface area contributed by atoms with Gasteiger partial charge in [-0.15, -0.1) is 0 Å². The summed E-state index contributed by atoms with van der Waals surface area (Å²) in [5.74, 6) is -0.215. The molecule has 3 fully saturated rings. The second kappa shape index (κ2) is 8.47. The molecule has 3 amide bonds. The number of anilines is 1. The van der Waals surface area contributed by atoms with E-state index in [2.05, 4.69) is 5.32 Å². The average Bonchev–Trinajstić information content (AvgIpc) is 3.75. The Hall–Kier alpha value is -2.90. The van der Waals surface area contributed by atoms with Gasteiger partial charge >= 0.3 is 0 Å². The second-order valence-electron chi connectivity index (χ2n) is 9.15. The molecule has 2 saturated carbocycles. The Balaban J connectivity index is 1.25. The minimum absolute atomic E-state index is 0.0548. The zero-order valence-corrected chi connectivity index (χ0v) is 19.0. The molecule has 2 aliphatic carbocycles. The van der Waals surface area contributed by atoms with Crippen molar-refractivity contribution in [2.75, 3.05) is 31.5 Å². The van der Waals surface area contributed by atoms with E-state index < -0.39 is 5.60 Å². The maximum atomic E-state index is 13.0. The summed E-state index contributed by atoms with van der Waals surface area (Å²) in [5, 5.41) is 13.3. The van der Waals surface area contributed by atoms with Crippen molar-refractivity contribution in [2.45, 2.75) is 31.3 Å². The van der Waals surface area contributed by atoms with E-state index in [1.54, 1.807) is 21.9 Å². The van der Waals surface area contributed by atoms with Gasteiger partial charge in [0.05, 0.1) is 10.6 Å². The van der Waals surface area contributed by atoms with Gasteiger partial charge in [0.2, 0.25) is 5.91 Å². The van der Waals surface area contributed by atoms with Crippen LogP contribution in [0.1, 0.15) is 36.0 Å². The van der Waals surface area contributed by atoms with E-state index >= 15 is 0 Å². The van der Waals surface area contributed by atoms with Gasteiger partial charge in [-0.2, -0.15) is 0 Å². The molecule has 0 spiro atoms. The Morgan fingerprint density at radius 3 is 2.24 bits per heavy atom. The Bertz CT molecular complexity index is 1120. The molecule has 1 aliphatic heterocycles. The van der Waals surface area contributed by atoms with E-state index in [0.717, 1.165) is 29.7 Å². The first-order valence-electron chi connectivity index (χ1n) is 11.4. The third-order valence-electron chi connectivity index (χ3n) is 6.59. The van der Waals surface area contributed by atoms with Crippen molar-refractivity contribution in [1.82, 2.24) is 9.80 Å². The molecule has 7 nitrogen and oxygen atoms in total. The lowest BCUT2D eigenvalue weighted by Gasteiger charge is -2.36. The molecule has 1 saturated heterocycles.